The number of nitrogens with one attached hydrogen (secondary N) is 1. The Balaban J connectivity index is 1.59. The number of aldehydes is 1. The molecule has 1 atom stereocenters. The molecule has 2 aliphatic heterocycles. The van der Waals surface area contributed by atoms with Crippen LogP contribution in [0.4, 0.5) is 17.1 Å². The van der Waals surface area contributed by atoms with Gasteiger partial charge in [0.05, 0.1) is 17.4 Å². The van der Waals surface area contributed by atoms with E-state index in [0.717, 1.165) is 99.7 Å². The Morgan fingerprint density at radius 1 is 1.13 bits per heavy atom. The lowest BCUT2D eigenvalue weighted by molar-refractivity contribution is -0.120. The maximum atomic E-state index is 11.9. The Hall–Kier alpha value is -2.34. The molecule has 1 aromatic rings. The van der Waals surface area contributed by atoms with Crippen LogP contribution < -0.4 is 25.8 Å². The Morgan fingerprint density at radius 3 is 2.44 bits per heavy atom. The van der Waals surface area contributed by atoms with Crippen molar-refractivity contribution in [1.82, 2.24) is 14.5 Å². The molecule has 1 aromatic carbocycles. The molecule has 39 heavy (non-hydrogen) atoms. The van der Waals surface area contributed by atoms with Crippen molar-refractivity contribution >= 4 is 47.6 Å². The maximum absolute atomic E-state index is 11.9. The van der Waals surface area contributed by atoms with Crippen LogP contribution in [0.1, 0.15) is 37.7 Å². The molecule has 3 N–H and O–H groups in total. The van der Waals surface area contributed by atoms with Gasteiger partial charge in [-0.05, 0) is 56.8 Å². The number of amides is 2. The molecule has 0 bridgehead atoms. The number of benzene rings is 1. The topological polar surface area (TPSA) is 105 Å². The lowest BCUT2D eigenvalue weighted by atomic mass is 10.1. The second-order valence-electron chi connectivity index (χ2n) is 10.7. The van der Waals surface area contributed by atoms with Gasteiger partial charge in [-0.3, -0.25) is 18.8 Å². The summed E-state index contributed by atoms with van der Waals surface area (Å²) in [6, 6.07) is 4.02. The number of nitrogens with zero attached hydrogens (tertiary/aromatic N) is 5. The quantitative estimate of drug-likeness (QED) is 0.199. The average Bonchev–Trinajstić information content (AvgIpc) is 2.96. The van der Waals surface area contributed by atoms with Crippen molar-refractivity contribution in [1.29, 1.82) is 0 Å². The molecule has 1 unspecified atom stereocenters. The Labute approximate surface area is 238 Å². The van der Waals surface area contributed by atoms with Gasteiger partial charge < -0.3 is 30.5 Å². The zero-order chi connectivity index (χ0) is 28.4. The zero-order valence-electron chi connectivity index (χ0n) is 24.1. The van der Waals surface area contributed by atoms with Gasteiger partial charge in [-0.2, -0.15) is 0 Å². The first-order valence-electron chi connectivity index (χ1n) is 14.1. The van der Waals surface area contributed by atoms with E-state index in [4.69, 9.17) is 5.73 Å². The molecule has 10 nitrogen and oxygen atoms in total. The van der Waals surface area contributed by atoms with Crippen LogP contribution in [0.5, 0.6) is 0 Å². The van der Waals surface area contributed by atoms with E-state index in [-0.39, 0.29) is 12.3 Å². The van der Waals surface area contributed by atoms with Gasteiger partial charge in [0.15, 0.2) is 0 Å². The van der Waals surface area contributed by atoms with Gasteiger partial charge in [0.1, 0.15) is 6.29 Å². The fourth-order valence-corrected chi connectivity index (χ4v) is 6.25. The van der Waals surface area contributed by atoms with Crippen LogP contribution in [0, 0.1) is 6.92 Å². The van der Waals surface area contributed by atoms with Crippen LogP contribution in [-0.4, -0.2) is 113 Å². The van der Waals surface area contributed by atoms with Crippen molar-refractivity contribution in [2.24, 2.45) is 5.73 Å². The van der Waals surface area contributed by atoms with Crippen molar-refractivity contribution in [3.05, 3.63) is 17.7 Å². The third kappa shape index (κ3) is 8.83. The average molecular weight is 562 g/mol. The number of hydrogen-bond acceptors (Lipinski definition) is 9. The molecule has 2 heterocycles. The standard InChI is InChI=1S/C28H47N7O3S/c1-22-18-27(32(4)24(20-36)6-7-28(38)30-2)26(31(3)21-37)19-25(22)34-15-13-33(14-16-34)10-5-17-39-35-11-8-23(29)9-12-35/h18-21,23-24H,5-17,29H2,1-4H3,(H,30,38). The van der Waals surface area contributed by atoms with E-state index in [0.29, 0.717) is 12.5 Å². The summed E-state index contributed by atoms with van der Waals surface area (Å²) in [4.78, 5) is 43.8. The van der Waals surface area contributed by atoms with E-state index in [1.165, 1.54) is 6.42 Å². The summed E-state index contributed by atoms with van der Waals surface area (Å²) in [6.45, 7) is 9.28. The number of piperazine rings is 1. The summed E-state index contributed by atoms with van der Waals surface area (Å²) in [5.41, 5.74) is 9.77. The molecule has 2 amide bonds. The maximum Gasteiger partial charge on any atom is 0.219 e. The van der Waals surface area contributed by atoms with Gasteiger partial charge in [-0.1, -0.05) is 11.9 Å². The number of nitrogens with two attached hydrogens (primary N) is 1. The second-order valence-corrected chi connectivity index (χ2v) is 11.8. The van der Waals surface area contributed by atoms with Gasteiger partial charge in [-0.25, -0.2) is 0 Å². The van der Waals surface area contributed by atoms with Gasteiger partial charge >= 0.3 is 0 Å². The van der Waals surface area contributed by atoms with E-state index in [1.54, 1.807) is 19.0 Å². The molecule has 2 aliphatic rings. The fraction of sp³-hybridized carbons (Fsp3) is 0.679. The Bertz CT molecular complexity index is 949. The summed E-state index contributed by atoms with van der Waals surface area (Å²) >= 11 is 1.97. The number of hydrogen-bond donors (Lipinski definition) is 2. The number of anilines is 3. The molecule has 2 fully saturated rings. The summed E-state index contributed by atoms with van der Waals surface area (Å²) in [5.74, 6) is 1.05. The first-order valence-corrected chi connectivity index (χ1v) is 15.0. The predicted molar refractivity (Wildman–Crippen MR) is 162 cm³/mol. The number of likely N-dealkylation sites (N-methyl/N-ethyl adjacent to an activating group) is 1. The SMILES string of the molecule is CNC(=O)CCC(C=O)N(C)c1cc(C)c(N2CCN(CCCSN3CCC(N)CC3)CC2)cc1N(C)C=O. The van der Waals surface area contributed by atoms with Crippen LogP contribution in [0.2, 0.25) is 0 Å². The summed E-state index contributed by atoms with van der Waals surface area (Å²) < 4.78 is 2.47. The van der Waals surface area contributed by atoms with E-state index in [9.17, 15) is 14.4 Å². The highest BCUT2D eigenvalue weighted by atomic mass is 32.2. The molecule has 11 heteroatoms. The Morgan fingerprint density at radius 2 is 1.82 bits per heavy atom. The highest BCUT2D eigenvalue weighted by Gasteiger charge is 2.24. The molecular weight excluding hydrogens is 514 g/mol. The smallest absolute Gasteiger partial charge is 0.219 e. The predicted octanol–water partition coefficient (Wildman–Crippen LogP) is 1.70. The monoisotopic (exact) mass is 561 g/mol. The summed E-state index contributed by atoms with van der Waals surface area (Å²) in [7, 11) is 5.16. The molecular formula is C28H47N7O3S. The molecule has 218 valence electrons. The van der Waals surface area contributed by atoms with Crippen LogP contribution in [0.25, 0.3) is 0 Å². The first kappa shape index (κ1) is 31.2. The molecule has 3 rings (SSSR count). The minimum Gasteiger partial charge on any atom is -0.369 e. The fourth-order valence-electron chi connectivity index (χ4n) is 5.27. The molecule has 0 saturated carbocycles. The second kappa shape index (κ2) is 15.4. The van der Waals surface area contributed by atoms with E-state index in [2.05, 4.69) is 38.5 Å². The van der Waals surface area contributed by atoms with Gasteiger partial charge in [0, 0.05) is 84.3 Å². The zero-order valence-corrected chi connectivity index (χ0v) is 24.9. The Kier molecular flexibility index (Phi) is 12.4. The van der Waals surface area contributed by atoms with Crippen LogP contribution in [0.3, 0.4) is 0 Å². The molecule has 0 spiro atoms. The van der Waals surface area contributed by atoms with Crippen molar-refractivity contribution in [3.8, 4) is 0 Å². The largest absolute Gasteiger partial charge is 0.369 e. The van der Waals surface area contributed by atoms with Crippen molar-refractivity contribution in [2.45, 2.75) is 51.1 Å². The number of rotatable bonds is 14. The van der Waals surface area contributed by atoms with E-state index >= 15 is 0 Å². The van der Waals surface area contributed by atoms with Crippen LogP contribution >= 0.6 is 11.9 Å². The normalized spacial score (nSPS) is 18.0. The molecule has 0 aromatic heterocycles. The van der Waals surface area contributed by atoms with Crippen molar-refractivity contribution in [3.63, 3.8) is 0 Å². The summed E-state index contributed by atoms with van der Waals surface area (Å²) in [6.07, 6.45) is 5.71. The third-order valence-corrected chi connectivity index (χ3v) is 9.12. The molecule has 0 aliphatic carbocycles. The number of aryl methyl sites for hydroxylation is 1. The summed E-state index contributed by atoms with van der Waals surface area (Å²) in [5, 5.41) is 2.60. The highest BCUT2D eigenvalue weighted by molar-refractivity contribution is 7.97. The van der Waals surface area contributed by atoms with Crippen LogP contribution in [-0.2, 0) is 14.4 Å². The van der Waals surface area contributed by atoms with Crippen molar-refractivity contribution < 1.29 is 14.4 Å². The highest BCUT2D eigenvalue weighted by Crippen LogP contribution is 2.36. The lowest BCUT2D eigenvalue weighted by Gasteiger charge is -2.38. The van der Waals surface area contributed by atoms with Crippen molar-refractivity contribution in [2.75, 3.05) is 87.4 Å². The lowest BCUT2D eigenvalue weighted by Crippen LogP contribution is -2.47. The molecule has 2 saturated heterocycles. The van der Waals surface area contributed by atoms with Gasteiger partial charge in [0.25, 0.3) is 0 Å². The number of carbonyl (C=O) groups excluding carboxylic acids is 3. The van der Waals surface area contributed by atoms with E-state index in [1.807, 2.05) is 23.9 Å². The molecule has 0 radical (unpaired) electrons. The minimum absolute atomic E-state index is 0.0999. The third-order valence-electron chi connectivity index (χ3n) is 7.92. The van der Waals surface area contributed by atoms with Gasteiger partial charge in [0.2, 0.25) is 12.3 Å². The number of piperidine rings is 1. The minimum atomic E-state index is -0.472. The van der Waals surface area contributed by atoms with Gasteiger partial charge in [-0.15, -0.1) is 0 Å². The van der Waals surface area contributed by atoms with E-state index < -0.39 is 6.04 Å². The number of carbonyl (C=O) groups is 3. The van der Waals surface area contributed by atoms with Crippen LogP contribution in [0.15, 0.2) is 12.1 Å². The first-order chi connectivity index (χ1) is 18.8.